The van der Waals surface area contributed by atoms with Gasteiger partial charge in [-0.05, 0) is 36.4 Å². The molecule has 0 bridgehead atoms. The molecular formula is C20H13F3N5OU-. The monoisotopic (exact) mass is 634 g/mol. The molecule has 150 valence electrons. The molecule has 3 heterocycles. The number of aromatic nitrogens is 3. The molecule has 30 heavy (non-hydrogen) atoms. The fraction of sp³-hybridized carbons (Fsp3) is 0.0500. The smallest absolute Gasteiger partial charge is 0.385 e. The van der Waals surface area contributed by atoms with Crippen LogP contribution in [0.3, 0.4) is 0 Å². The van der Waals surface area contributed by atoms with Gasteiger partial charge in [-0.25, -0.2) is 4.98 Å². The average Bonchev–Trinajstić information content (AvgIpc) is 3.17. The number of carbonyl (C=O) groups is 1. The van der Waals surface area contributed by atoms with Gasteiger partial charge in [-0.2, -0.15) is 13.2 Å². The van der Waals surface area contributed by atoms with Gasteiger partial charge in [-0.15, -0.1) is 12.1 Å². The average molecular weight is 634 g/mol. The van der Waals surface area contributed by atoms with Gasteiger partial charge in [0.1, 0.15) is 5.65 Å². The molecule has 0 spiro atoms. The quantitative estimate of drug-likeness (QED) is 0.324. The number of benzene rings is 1. The number of halogens is 3. The van der Waals surface area contributed by atoms with Gasteiger partial charge < -0.3 is 20.0 Å². The van der Waals surface area contributed by atoms with Gasteiger partial charge in [-0.3, -0.25) is 4.79 Å². The van der Waals surface area contributed by atoms with Crippen LogP contribution >= 0.6 is 0 Å². The Morgan fingerprint density at radius 1 is 1.03 bits per heavy atom. The molecular weight excluding hydrogens is 621 g/mol. The first-order chi connectivity index (χ1) is 13.9. The number of carbonyl (C=O) groups excluding carboxylic acids is 1. The molecule has 1 amide bonds. The number of nitrogens with zero attached hydrogens (tertiary/aromatic N) is 3. The molecule has 0 saturated carbocycles. The van der Waals surface area contributed by atoms with Crippen molar-refractivity contribution in [2.75, 3.05) is 10.6 Å². The van der Waals surface area contributed by atoms with Crippen LogP contribution in [-0.2, 0) is 6.18 Å². The Kier molecular flexibility index (Phi) is 6.49. The fourth-order valence-corrected chi connectivity index (χ4v) is 2.67. The SMILES string of the molecule is O=C(Nc1ccc(Nc2c[c-]nc(C(F)(F)F)c2)cc1)c1ccc2nccn2c1.[U]. The minimum atomic E-state index is -4.54. The minimum Gasteiger partial charge on any atom is -0.408 e. The van der Waals surface area contributed by atoms with E-state index in [0.29, 0.717) is 16.9 Å². The van der Waals surface area contributed by atoms with Crippen LogP contribution in [0.25, 0.3) is 5.65 Å². The molecule has 4 aromatic rings. The van der Waals surface area contributed by atoms with Gasteiger partial charge in [0.15, 0.2) is 0 Å². The molecule has 0 saturated heterocycles. The van der Waals surface area contributed by atoms with Gasteiger partial charge in [0.05, 0.1) is 5.56 Å². The summed E-state index contributed by atoms with van der Waals surface area (Å²) in [6.45, 7) is 0. The summed E-state index contributed by atoms with van der Waals surface area (Å²) in [7, 11) is 0. The fourth-order valence-electron chi connectivity index (χ4n) is 2.67. The number of hydrogen-bond donors (Lipinski definition) is 2. The normalized spacial score (nSPS) is 11.0. The molecule has 0 aliphatic heterocycles. The first-order valence-electron chi connectivity index (χ1n) is 8.45. The van der Waals surface area contributed by atoms with Crippen LogP contribution in [0.1, 0.15) is 16.1 Å². The van der Waals surface area contributed by atoms with Crippen molar-refractivity contribution < 1.29 is 49.1 Å². The molecule has 6 nitrogen and oxygen atoms in total. The van der Waals surface area contributed by atoms with Gasteiger partial charge in [0.2, 0.25) is 0 Å². The summed E-state index contributed by atoms with van der Waals surface area (Å²) >= 11 is 0. The Bertz CT molecular complexity index is 1180. The van der Waals surface area contributed by atoms with Gasteiger partial charge in [-0.1, -0.05) is 11.9 Å². The number of nitrogens with one attached hydrogen (secondary N) is 2. The molecule has 1 aromatic carbocycles. The van der Waals surface area contributed by atoms with E-state index in [2.05, 4.69) is 26.8 Å². The van der Waals surface area contributed by atoms with Crippen molar-refractivity contribution in [1.82, 2.24) is 14.4 Å². The summed E-state index contributed by atoms with van der Waals surface area (Å²) in [5.74, 6) is -0.292. The van der Waals surface area contributed by atoms with Crippen molar-refractivity contribution >= 4 is 28.6 Å². The third kappa shape index (κ3) is 5.01. The Morgan fingerprint density at radius 3 is 2.50 bits per heavy atom. The number of rotatable bonds is 4. The zero-order valence-corrected chi connectivity index (χ0v) is 19.4. The van der Waals surface area contributed by atoms with Gasteiger partial charge >= 0.3 is 6.18 Å². The maximum atomic E-state index is 12.7. The van der Waals surface area contributed by atoms with E-state index in [0.717, 1.165) is 11.7 Å². The number of amides is 1. The minimum absolute atomic E-state index is 0. The Balaban J connectivity index is 0.00000256. The van der Waals surface area contributed by atoms with E-state index in [1.165, 1.54) is 6.07 Å². The standard InChI is InChI=1S/C20H13F3N5O.U/c21-20(22,23)17-11-16(7-8-24-17)26-14-2-4-15(5-3-14)27-19(29)13-1-6-18-25-9-10-28(18)12-13;/h1-7,9-12H,(H,24,26)(H,27,29);/q-1;. The van der Waals surface area contributed by atoms with Crippen LogP contribution in [0.4, 0.5) is 30.2 Å². The second-order valence-electron chi connectivity index (χ2n) is 6.13. The van der Waals surface area contributed by atoms with E-state index in [1.807, 2.05) is 0 Å². The van der Waals surface area contributed by atoms with E-state index in [-0.39, 0.29) is 42.7 Å². The Morgan fingerprint density at radius 2 is 1.77 bits per heavy atom. The third-order valence-electron chi connectivity index (χ3n) is 4.07. The molecule has 0 fully saturated rings. The summed E-state index contributed by atoms with van der Waals surface area (Å²) < 4.78 is 39.9. The zero-order valence-electron chi connectivity index (χ0n) is 15.2. The van der Waals surface area contributed by atoms with Crippen LogP contribution in [0, 0.1) is 37.3 Å². The van der Waals surface area contributed by atoms with Crippen molar-refractivity contribution in [3.63, 3.8) is 0 Å². The van der Waals surface area contributed by atoms with Crippen molar-refractivity contribution in [1.29, 1.82) is 0 Å². The predicted molar refractivity (Wildman–Crippen MR) is 101 cm³/mol. The summed E-state index contributed by atoms with van der Waals surface area (Å²) in [5.41, 5.74) is 1.47. The van der Waals surface area contributed by atoms with Crippen molar-refractivity contribution in [2.24, 2.45) is 0 Å². The Labute approximate surface area is 192 Å². The predicted octanol–water partition coefficient (Wildman–Crippen LogP) is 4.54. The molecule has 10 heteroatoms. The second kappa shape index (κ2) is 8.90. The molecule has 3 aromatic heterocycles. The first-order valence-corrected chi connectivity index (χ1v) is 8.45. The van der Waals surface area contributed by atoms with Crippen LogP contribution < -0.4 is 10.6 Å². The van der Waals surface area contributed by atoms with Crippen LogP contribution in [0.5, 0.6) is 0 Å². The molecule has 0 radical (unpaired) electrons. The Hall–Kier alpha value is -2.83. The van der Waals surface area contributed by atoms with E-state index < -0.39 is 11.9 Å². The molecule has 4 rings (SSSR count). The van der Waals surface area contributed by atoms with Crippen molar-refractivity contribution in [2.45, 2.75) is 6.18 Å². The summed E-state index contributed by atoms with van der Waals surface area (Å²) in [6, 6.07) is 12.2. The molecule has 0 aliphatic carbocycles. The number of anilines is 3. The number of hydrogen-bond acceptors (Lipinski definition) is 4. The van der Waals surface area contributed by atoms with E-state index >= 15 is 0 Å². The molecule has 2 N–H and O–H groups in total. The topological polar surface area (TPSA) is 71.3 Å². The zero-order chi connectivity index (χ0) is 20.4. The first kappa shape index (κ1) is 21.9. The van der Waals surface area contributed by atoms with Crippen LogP contribution in [-0.4, -0.2) is 20.3 Å². The van der Waals surface area contributed by atoms with Gasteiger partial charge in [0, 0.05) is 66.8 Å². The maximum absolute atomic E-state index is 12.7. The van der Waals surface area contributed by atoms with E-state index in [9.17, 15) is 18.0 Å². The molecule has 0 aliphatic rings. The summed E-state index contributed by atoms with van der Waals surface area (Å²) in [5, 5.41) is 5.62. The maximum Gasteiger partial charge on any atom is 0.385 e. The van der Waals surface area contributed by atoms with E-state index in [1.54, 1.807) is 59.4 Å². The summed E-state index contributed by atoms with van der Waals surface area (Å²) in [4.78, 5) is 19.7. The molecule has 0 atom stereocenters. The number of fused-ring (bicyclic) bond motifs is 1. The third-order valence-corrected chi connectivity index (χ3v) is 4.07. The van der Waals surface area contributed by atoms with Crippen molar-refractivity contribution in [3.05, 3.63) is 84.6 Å². The van der Waals surface area contributed by atoms with Crippen LogP contribution in [0.15, 0.2) is 67.1 Å². The van der Waals surface area contributed by atoms with Crippen molar-refractivity contribution in [3.8, 4) is 0 Å². The number of imidazole rings is 1. The van der Waals surface area contributed by atoms with Crippen LogP contribution in [0.2, 0.25) is 0 Å². The summed E-state index contributed by atoms with van der Waals surface area (Å²) in [6.07, 6.45) is 2.74. The van der Waals surface area contributed by atoms with Gasteiger partial charge in [0.25, 0.3) is 5.91 Å². The van der Waals surface area contributed by atoms with E-state index in [4.69, 9.17) is 0 Å². The number of alkyl halides is 3. The molecule has 0 unspecified atom stereocenters. The second-order valence-corrected chi connectivity index (χ2v) is 6.13. The number of pyridine rings is 2. The largest absolute Gasteiger partial charge is 0.408 e.